The first-order valence-corrected chi connectivity index (χ1v) is 10.9. The molecule has 3 aromatic rings. The Hall–Kier alpha value is -4.20. The number of ether oxygens (including phenoxy) is 1. The van der Waals surface area contributed by atoms with E-state index in [9.17, 15) is 9.59 Å². The van der Waals surface area contributed by atoms with Crippen LogP contribution >= 0.6 is 0 Å². The first-order valence-electron chi connectivity index (χ1n) is 10.9. The molecule has 0 aliphatic heterocycles. The number of hydrogen-bond donors (Lipinski definition) is 3. The minimum Gasteiger partial charge on any atom is -0.494 e. The van der Waals surface area contributed by atoms with E-state index in [2.05, 4.69) is 25.9 Å². The van der Waals surface area contributed by atoms with Crippen molar-refractivity contribution < 1.29 is 14.3 Å². The Bertz CT molecular complexity index is 1080. The number of carbonyl (C=O) groups excluding carboxylic acids is 2. The van der Waals surface area contributed by atoms with E-state index in [0.717, 1.165) is 28.3 Å². The van der Waals surface area contributed by atoms with E-state index in [0.29, 0.717) is 18.7 Å². The van der Waals surface area contributed by atoms with Gasteiger partial charge in [0.15, 0.2) is 5.78 Å². The number of nitrogens with zero attached hydrogens (tertiary/aromatic N) is 2. The van der Waals surface area contributed by atoms with Gasteiger partial charge in [-0.2, -0.15) is 0 Å². The Morgan fingerprint density at radius 3 is 2.44 bits per heavy atom. The molecule has 0 aliphatic carbocycles. The maximum Gasteiger partial charge on any atom is 0.319 e. The molecular weight excluding hydrogens is 430 g/mol. The number of aromatic nitrogens is 2. The van der Waals surface area contributed by atoms with Gasteiger partial charge in [0.25, 0.3) is 0 Å². The summed E-state index contributed by atoms with van der Waals surface area (Å²) >= 11 is 0. The van der Waals surface area contributed by atoms with Crippen molar-refractivity contribution in [3.63, 3.8) is 0 Å². The number of anilines is 1. The highest BCUT2D eigenvalue weighted by molar-refractivity contribution is 6.19. The van der Waals surface area contributed by atoms with E-state index >= 15 is 0 Å². The number of ketones is 1. The van der Waals surface area contributed by atoms with Gasteiger partial charge < -0.3 is 20.7 Å². The number of carbonyl (C=O) groups is 2. The molecule has 0 bridgehead atoms. The molecule has 0 atom stereocenters. The molecule has 3 rings (SSSR count). The molecule has 0 unspecified atom stereocenters. The number of rotatable bonds is 8. The lowest BCUT2D eigenvalue weighted by molar-refractivity contribution is -0.111. The Balaban J connectivity index is 0.000000270. The second kappa shape index (κ2) is 14.1. The van der Waals surface area contributed by atoms with E-state index in [1.54, 1.807) is 44.0 Å². The van der Waals surface area contributed by atoms with E-state index in [4.69, 9.17) is 4.74 Å². The Morgan fingerprint density at radius 1 is 1.09 bits per heavy atom. The van der Waals surface area contributed by atoms with Crippen LogP contribution in [0, 0.1) is 6.92 Å². The van der Waals surface area contributed by atoms with E-state index in [1.165, 1.54) is 6.92 Å². The van der Waals surface area contributed by atoms with Crippen LogP contribution in [0.25, 0.3) is 5.57 Å². The fourth-order valence-electron chi connectivity index (χ4n) is 2.93. The van der Waals surface area contributed by atoms with Gasteiger partial charge in [-0.1, -0.05) is 6.07 Å². The Kier molecular flexibility index (Phi) is 10.8. The number of hydrogen-bond acceptors (Lipinski definition) is 6. The molecule has 3 N–H and O–H groups in total. The highest BCUT2D eigenvalue weighted by Crippen LogP contribution is 2.15. The van der Waals surface area contributed by atoms with Gasteiger partial charge in [0, 0.05) is 60.9 Å². The highest BCUT2D eigenvalue weighted by Gasteiger charge is 2.05. The molecule has 8 heteroatoms. The van der Waals surface area contributed by atoms with Crippen molar-refractivity contribution in [3.8, 4) is 5.75 Å². The summed E-state index contributed by atoms with van der Waals surface area (Å²) in [6, 6.07) is 14.5. The molecular formula is C26H31N5O3. The summed E-state index contributed by atoms with van der Waals surface area (Å²) in [6.07, 6.45) is 6.77. The van der Waals surface area contributed by atoms with Crippen molar-refractivity contribution in [2.24, 2.45) is 0 Å². The summed E-state index contributed by atoms with van der Waals surface area (Å²) in [5.74, 6) is 0.818. The predicted molar refractivity (Wildman–Crippen MR) is 134 cm³/mol. The number of urea groups is 1. The van der Waals surface area contributed by atoms with E-state index < -0.39 is 0 Å². The van der Waals surface area contributed by atoms with Crippen molar-refractivity contribution in [1.82, 2.24) is 20.6 Å². The molecule has 0 saturated heterocycles. The maximum atomic E-state index is 11.8. The van der Waals surface area contributed by atoms with Gasteiger partial charge in [0.1, 0.15) is 5.75 Å². The summed E-state index contributed by atoms with van der Waals surface area (Å²) in [6.45, 7) is 6.48. The second-order valence-corrected chi connectivity index (χ2v) is 7.22. The first kappa shape index (κ1) is 26.1. The van der Waals surface area contributed by atoms with Gasteiger partial charge in [-0.25, -0.2) is 4.79 Å². The van der Waals surface area contributed by atoms with Crippen molar-refractivity contribution in [2.45, 2.75) is 27.3 Å². The fourth-order valence-corrected chi connectivity index (χ4v) is 2.93. The van der Waals surface area contributed by atoms with Crippen LogP contribution in [0.3, 0.4) is 0 Å². The second-order valence-electron chi connectivity index (χ2n) is 7.22. The lowest BCUT2D eigenvalue weighted by Gasteiger charge is -2.09. The zero-order chi connectivity index (χ0) is 24.8. The minimum atomic E-state index is -0.242. The van der Waals surface area contributed by atoms with Crippen molar-refractivity contribution in [2.75, 3.05) is 19.0 Å². The third kappa shape index (κ3) is 9.12. The van der Waals surface area contributed by atoms with Gasteiger partial charge in [-0.05, 0) is 68.8 Å². The summed E-state index contributed by atoms with van der Waals surface area (Å²) in [4.78, 5) is 31.1. The van der Waals surface area contributed by atoms with Crippen molar-refractivity contribution in [3.05, 3.63) is 90.1 Å². The number of pyridine rings is 2. The normalized spacial score (nSPS) is 10.4. The number of amides is 2. The molecule has 8 nitrogen and oxygen atoms in total. The standard InChI is InChI=1S/C16H19N3O2.C10H12N2O/c1-3-21-15-6-4-14(5-7-15)19-16(20)18-11-13-8-9-17-12(2)10-13;1-8(13)10(7-11-2)9-4-3-5-12-6-9/h4-10H,3,11H2,1-2H3,(H2,18,19,20);3-7,11H,1-2H3/b;10-7+. The van der Waals surface area contributed by atoms with Gasteiger partial charge in [0.2, 0.25) is 0 Å². The lowest BCUT2D eigenvalue weighted by Crippen LogP contribution is -2.28. The van der Waals surface area contributed by atoms with Gasteiger partial charge in [-0.3, -0.25) is 14.8 Å². The molecule has 0 aliphatic rings. The van der Waals surface area contributed by atoms with E-state index in [-0.39, 0.29) is 11.8 Å². The number of allylic oxidation sites excluding steroid dienone is 1. The highest BCUT2D eigenvalue weighted by atomic mass is 16.5. The van der Waals surface area contributed by atoms with Crippen molar-refractivity contribution in [1.29, 1.82) is 0 Å². The molecule has 1 aromatic carbocycles. The molecule has 178 valence electrons. The molecule has 0 spiro atoms. The van der Waals surface area contributed by atoms with Crippen LogP contribution in [0.1, 0.15) is 30.7 Å². The average Bonchev–Trinajstić information content (AvgIpc) is 2.83. The SMILES string of the molecule is CCOc1ccc(NC(=O)NCc2ccnc(C)c2)cc1.CN/C=C(\C(C)=O)c1cccnc1. The van der Waals surface area contributed by atoms with Crippen molar-refractivity contribution >= 4 is 23.1 Å². The van der Waals surface area contributed by atoms with Gasteiger partial charge in [0.05, 0.1) is 6.61 Å². The first-order chi connectivity index (χ1) is 16.4. The van der Waals surface area contributed by atoms with Crippen LogP contribution in [0.15, 0.2) is 73.3 Å². The molecule has 0 radical (unpaired) electrons. The number of nitrogens with one attached hydrogen (secondary N) is 3. The van der Waals surface area contributed by atoms with E-state index in [1.807, 2.05) is 50.2 Å². The fraction of sp³-hybridized carbons (Fsp3) is 0.231. The van der Waals surface area contributed by atoms with Gasteiger partial charge in [-0.15, -0.1) is 0 Å². The molecule has 2 aromatic heterocycles. The molecule has 0 saturated carbocycles. The summed E-state index contributed by atoms with van der Waals surface area (Å²) in [5, 5.41) is 8.42. The van der Waals surface area contributed by atoms with Crippen LogP contribution in [-0.2, 0) is 11.3 Å². The molecule has 34 heavy (non-hydrogen) atoms. The third-order valence-electron chi connectivity index (χ3n) is 4.48. The van der Waals surface area contributed by atoms with Crippen LogP contribution < -0.4 is 20.7 Å². The lowest BCUT2D eigenvalue weighted by atomic mass is 10.1. The maximum absolute atomic E-state index is 11.8. The minimum absolute atomic E-state index is 0.0300. The smallest absolute Gasteiger partial charge is 0.319 e. The van der Waals surface area contributed by atoms with Crippen LogP contribution in [-0.4, -0.2) is 35.4 Å². The Labute approximate surface area is 200 Å². The zero-order valence-electron chi connectivity index (χ0n) is 20.0. The largest absolute Gasteiger partial charge is 0.494 e. The topological polar surface area (TPSA) is 105 Å². The van der Waals surface area contributed by atoms with Crippen LogP contribution in [0.2, 0.25) is 0 Å². The molecule has 0 fully saturated rings. The number of benzene rings is 1. The Morgan fingerprint density at radius 2 is 1.85 bits per heavy atom. The summed E-state index contributed by atoms with van der Waals surface area (Å²) in [5.41, 5.74) is 4.16. The van der Waals surface area contributed by atoms with Gasteiger partial charge >= 0.3 is 6.03 Å². The predicted octanol–water partition coefficient (Wildman–Crippen LogP) is 4.34. The summed E-state index contributed by atoms with van der Waals surface area (Å²) < 4.78 is 5.35. The molecule has 2 amide bonds. The van der Waals surface area contributed by atoms with Crippen LogP contribution in [0.4, 0.5) is 10.5 Å². The molecule has 2 heterocycles. The zero-order valence-corrected chi connectivity index (χ0v) is 20.0. The monoisotopic (exact) mass is 461 g/mol. The number of Topliss-reactive ketones (excluding diaryl/α,β-unsaturated/α-hetero) is 1. The van der Waals surface area contributed by atoms with Crippen LogP contribution in [0.5, 0.6) is 5.75 Å². The third-order valence-corrected chi connectivity index (χ3v) is 4.48. The summed E-state index contributed by atoms with van der Waals surface area (Å²) in [7, 11) is 1.76. The average molecular weight is 462 g/mol. The quantitative estimate of drug-likeness (QED) is 0.431. The number of aryl methyl sites for hydroxylation is 1.